The molecule has 21 heavy (non-hydrogen) atoms. The normalized spacial score (nSPS) is 31.9. The quantitative estimate of drug-likeness (QED) is 0.904. The lowest BCUT2D eigenvalue weighted by Gasteiger charge is -2.38. The van der Waals surface area contributed by atoms with E-state index in [4.69, 9.17) is 0 Å². The molecule has 1 aliphatic carbocycles. The first-order valence-corrected chi connectivity index (χ1v) is 8.05. The summed E-state index contributed by atoms with van der Waals surface area (Å²) in [6, 6.07) is 8.80. The Bertz CT molecular complexity index is 535. The Kier molecular flexibility index (Phi) is 3.56. The molecule has 1 heterocycles. The average Bonchev–Trinajstić information content (AvgIpc) is 2.91. The molecule has 1 aliphatic heterocycles. The fourth-order valence-corrected chi connectivity index (χ4v) is 3.90. The maximum atomic E-state index is 12.7. The molecule has 1 N–H and O–H groups in total. The number of nitrogens with one attached hydrogen (secondary N) is 1. The Morgan fingerprint density at radius 1 is 1.24 bits per heavy atom. The third kappa shape index (κ3) is 2.48. The molecule has 2 aliphatic rings. The molecule has 1 saturated heterocycles. The van der Waals surface area contributed by atoms with Crippen molar-refractivity contribution in [1.29, 1.82) is 0 Å². The molecule has 2 fully saturated rings. The van der Waals surface area contributed by atoms with Crippen LogP contribution in [-0.4, -0.2) is 22.9 Å². The van der Waals surface area contributed by atoms with E-state index in [1.165, 1.54) is 24.0 Å². The topological polar surface area (TPSA) is 32.3 Å². The van der Waals surface area contributed by atoms with Crippen LogP contribution < -0.4 is 5.32 Å². The zero-order valence-corrected chi connectivity index (χ0v) is 13.5. The van der Waals surface area contributed by atoms with E-state index in [-0.39, 0.29) is 23.5 Å². The molecule has 1 aromatic rings. The molecule has 3 heteroatoms. The Hall–Kier alpha value is -1.35. The van der Waals surface area contributed by atoms with Crippen LogP contribution in [0.1, 0.15) is 57.3 Å². The minimum Gasteiger partial charge on any atom is -0.318 e. The third-order valence-corrected chi connectivity index (χ3v) is 5.24. The van der Waals surface area contributed by atoms with Gasteiger partial charge in [-0.25, -0.2) is 0 Å². The number of benzene rings is 1. The van der Waals surface area contributed by atoms with Crippen LogP contribution in [0.3, 0.4) is 0 Å². The predicted molar refractivity (Wildman–Crippen MR) is 84.8 cm³/mol. The van der Waals surface area contributed by atoms with E-state index in [9.17, 15) is 4.79 Å². The van der Waals surface area contributed by atoms with Gasteiger partial charge in [0.05, 0.1) is 6.04 Å². The van der Waals surface area contributed by atoms with E-state index >= 15 is 0 Å². The number of hydrogen-bond donors (Lipinski definition) is 1. The van der Waals surface area contributed by atoms with Gasteiger partial charge in [-0.3, -0.25) is 10.1 Å². The van der Waals surface area contributed by atoms with Crippen LogP contribution >= 0.6 is 0 Å². The van der Waals surface area contributed by atoms with Gasteiger partial charge in [-0.2, -0.15) is 0 Å². The van der Waals surface area contributed by atoms with Gasteiger partial charge in [0.25, 0.3) is 0 Å². The average molecular weight is 286 g/mol. The maximum Gasteiger partial charge on any atom is 0.241 e. The van der Waals surface area contributed by atoms with Gasteiger partial charge in [0.1, 0.15) is 6.17 Å². The van der Waals surface area contributed by atoms with Crippen molar-refractivity contribution in [3.05, 3.63) is 35.4 Å². The molecule has 3 rings (SSSR count). The predicted octanol–water partition coefficient (Wildman–Crippen LogP) is 3.39. The van der Waals surface area contributed by atoms with Crippen molar-refractivity contribution in [2.45, 2.75) is 65.2 Å². The molecule has 3 atom stereocenters. The van der Waals surface area contributed by atoms with Crippen molar-refractivity contribution in [2.75, 3.05) is 0 Å². The van der Waals surface area contributed by atoms with Gasteiger partial charge in [0, 0.05) is 6.04 Å². The minimum atomic E-state index is -0.0901. The number of carbonyl (C=O) groups excluding carboxylic acids is 1. The Labute approximate surface area is 127 Å². The SMILES string of the molecule is Cc1ccc(C2NC(C)C(=O)N2C2CCCC2(C)C)cc1. The van der Waals surface area contributed by atoms with E-state index in [1.807, 2.05) is 6.92 Å². The van der Waals surface area contributed by atoms with Gasteiger partial charge < -0.3 is 4.90 Å². The molecule has 114 valence electrons. The van der Waals surface area contributed by atoms with Crippen molar-refractivity contribution in [2.24, 2.45) is 5.41 Å². The van der Waals surface area contributed by atoms with Gasteiger partial charge >= 0.3 is 0 Å². The molecule has 3 nitrogen and oxygen atoms in total. The number of hydrogen-bond acceptors (Lipinski definition) is 2. The molecule has 1 saturated carbocycles. The summed E-state index contributed by atoms with van der Waals surface area (Å²) < 4.78 is 0. The van der Waals surface area contributed by atoms with Gasteiger partial charge in [-0.05, 0) is 37.7 Å². The van der Waals surface area contributed by atoms with Crippen LogP contribution in [-0.2, 0) is 4.79 Å². The second kappa shape index (κ2) is 5.13. The van der Waals surface area contributed by atoms with Crippen LogP contribution in [0.4, 0.5) is 0 Å². The fraction of sp³-hybridized carbons (Fsp3) is 0.611. The lowest BCUT2D eigenvalue weighted by Crippen LogP contribution is -2.45. The zero-order valence-electron chi connectivity index (χ0n) is 13.5. The molecular formula is C18H26N2O. The summed E-state index contributed by atoms with van der Waals surface area (Å²) in [5.74, 6) is 0.251. The zero-order chi connectivity index (χ0) is 15.2. The van der Waals surface area contributed by atoms with Crippen LogP contribution in [0, 0.1) is 12.3 Å². The molecule has 0 radical (unpaired) electrons. The number of carbonyl (C=O) groups is 1. The largest absolute Gasteiger partial charge is 0.318 e. The highest BCUT2D eigenvalue weighted by atomic mass is 16.2. The van der Waals surface area contributed by atoms with E-state index < -0.39 is 0 Å². The van der Waals surface area contributed by atoms with Crippen LogP contribution in [0.2, 0.25) is 0 Å². The number of rotatable bonds is 2. The lowest BCUT2D eigenvalue weighted by molar-refractivity contribution is -0.134. The molecule has 0 aromatic heterocycles. The molecule has 0 bridgehead atoms. The van der Waals surface area contributed by atoms with Crippen molar-refractivity contribution >= 4 is 5.91 Å². The Morgan fingerprint density at radius 2 is 1.90 bits per heavy atom. The van der Waals surface area contributed by atoms with E-state index in [0.717, 1.165) is 6.42 Å². The van der Waals surface area contributed by atoms with Crippen LogP contribution in [0.5, 0.6) is 0 Å². The van der Waals surface area contributed by atoms with Crippen molar-refractivity contribution in [3.8, 4) is 0 Å². The first-order valence-electron chi connectivity index (χ1n) is 8.05. The standard InChI is InChI=1S/C18H26N2O/c1-12-7-9-14(10-8-12)16-19-13(2)17(21)20(16)15-6-5-11-18(15,3)4/h7-10,13,15-16,19H,5-6,11H2,1-4H3. The number of aryl methyl sites for hydroxylation is 1. The molecular weight excluding hydrogens is 260 g/mol. The maximum absolute atomic E-state index is 12.7. The monoisotopic (exact) mass is 286 g/mol. The van der Waals surface area contributed by atoms with Crippen LogP contribution in [0.25, 0.3) is 0 Å². The van der Waals surface area contributed by atoms with Gasteiger partial charge in [0.2, 0.25) is 5.91 Å². The van der Waals surface area contributed by atoms with Gasteiger partial charge in [-0.15, -0.1) is 0 Å². The van der Waals surface area contributed by atoms with Gasteiger partial charge in [-0.1, -0.05) is 50.1 Å². The molecule has 1 amide bonds. The van der Waals surface area contributed by atoms with E-state index in [2.05, 4.69) is 55.3 Å². The Morgan fingerprint density at radius 3 is 2.48 bits per heavy atom. The molecule has 0 spiro atoms. The fourth-order valence-electron chi connectivity index (χ4n) is 3.90. The highest BCUT2D eigenvalue weighted by molar-refractivity contribution is 5.84. The summed E-state index contributed by atoms with van der Waals surface area (Å²) in [6.07, 6.45) is 3.57. The summed E-state index contributed by atoms with van der Waals surface area (Å²) in [5, 5.41) is 3.48. The first kappa shape index (κ1) is 14.6. The third-order valence-electron chi connectivity index (χ3n) is 5.24. The van der Waals surface area contributed by atoms with Crippen molar-refractivity contribution in [3.63, 3.8) is 0 Å². The first-order chi connectivity index (χ1) is 9.90. The lowest BCUT2D eigenvalue weighted by atomic mass is 9.86. The molecule has 3 unspecified atom stereocenters. The summed E-state index contributed by atoms with van der Waals surface area (Å²) in [7, 11) is 0. The number of nitrogens with zero attached hydrogens (tertiary/aromatic N) is 1. The smallest absolute Gasteiger partial charge is 0.241 e. The van der Waals surface area contributed by atoms with E-state index in [0.29, 0.717) is 6.04 Å². The molecule has 1 aromatic carbocycles. The van der Waals surface area contributed by atoms with Gasteiger partial charge in [0.15, 0.2) is 0 Å². The summed E-state index contributed by atoms with van der Waals surface area (Å²) >= 11 is 0. The summed E-state index contributed by atoms with van der Waals surface area (Å²) in [5.41, 5.74) is 2.66. The summed E-state index contributed by atoms with van der Waals surface area (Å²) in [6.45, 7) is 8.67. The second-order valence-electron chi connectivity index (χ2n) is 7.34. The van der Waals surface area contributed by atoms with E-state index in [1.54, 1.807) is 0 Å². The van der Waals surface area contributed by atoms with Crippen molar-refractivity contribution < 1.29 is 4.79 Å². The minimum absolute atomic E-state index is 0.0236. The highest BCUT2D eigenvalue weighted by Gasteiger charge is 2.48. The highest BCUT2D eigenvalue weighted by Crippen LogP contribution is 2.44. The number of amides is 1. The summed E-state index contributed by atoms with van der Waals surface area (Å²) in [4.78, 5) is 14.8. The second-order valence-corrected chi connectivity index (χ2v) is 7.34. The van der Waals surface area contributed by atoms with Crippen molar-refractivity contribution in [1.82, 2.24) is 10.2 Å². The van der Waals surface area contributed by atoms with Crippen LogP contribution in [0.15, 0.2) is 24.3 Å². The Balaban J connectivity index is 1.95.